The van der Waals surface area contributed by atoms with Gasteiger partial charge in [-0.15, -0.1) is 0 Å². The number of halogens is 1. The first-order chi connectivity index (χ1) is 13.1. The molecule has 2 aromatic carbocycles. The van der Waals surface area contributed by atoms with Crippen LogP contribution in [0.5, 0.6) is 11.5 Å². The van der Waals surface area contributed by atoms with Gasteiger partial charge in [0.15, 0.2) is 5.82 Å². The molecule has 2 aromatic rings. The summed E-state index contributed by atoms with van der Waals surface area (Å²) in [5, 5.41) is 11.9. The van der Waals surface area contributed by atoms with Gasteiger partial charge in [0.25, 0.3) is 0 Å². The SMILES string of the molecule is CC(C)(C)OC(=O)Nc1cccc(CN2Cc3ccc(O)cc3OC2=O)c1F. The summed E-state index contributed by atoms with van der Waals surface area (Å²) < 4.78 is 25.1. The number of aromatic hydroxyl groups is 1. The molecule has 0 unspecified atom stereocenters. The number of ether oxygens (including phenoxy) is 2. The van der Waals surface area contributed by atoms with Gasteiger partial charge in [-0.1, -0.05) is 12.1 Å². The molecule has 1 aliphatic rings. The molecule has 3 rings (SSSR count). The van der Waals surface area contributed by atoms with E-state index in [2.05, 4.69) is 5.32 Å². The van der Waals surface area contributed by atoms with Crippen LogP contribution in [-0.4, -0.2) is 27.8 Å². The first kappa shape index (κ1) is 19.5. The molecule has 0 aromatic heterocycles. The number of amides is 2. The molecule has 0 bridgehead atoms. The van der Waals surface area contributed by atoms with Gasteiger partial charge in [-0.3, -0.25) is 10.2 Å². The molecule has 0 aliphatic carbocycles. The van der Waals surface area contributed by atoms with Crippen LogP contribution in [-0.2, 0) is 17.8 Å². The monoisotopic (exact) mass is 388 g/mol. The van der Waals surface area contributed by atoms with Crippen molar-refractivity contribution in [2.45, 2.75) is 39.5 Å². The summed E-state index contributed by atoms with van der Waals surface area (Å²) in [5.74, 6) is -0.383. The van der Waals surface area contributed by atoms with Crippen molar-refractivity contribution >= 4 is 17.9 Å². The first-order valence-corrected chi connectivity index (χ1v) is 8.68. The molecule has 0 saturated carbocycles. The Morgan fingerprint density at radius 2 is 2.07 bits per heavy atom. The number of benzene rings is 2. The number of anilines is 1. The lowest BCUT2D eigenvalue weighted by Gasteiger charge is -2.28. The molecular formula is C20H21FN2O5. The summed E-state index contributed by atoms with van der Waals surface area (Å²) in [5.41, 5.74) is 0.161. The van der Waals surface area contributed by atoms with Crippen molar-refractivity contribution in [1.29, 1.82) is 0 Å². The van der Waals surface area contributed by atoms with E-state index in [0.717, 1.165) is 0 Å². The van der Waals surface area contributed by atoms with E-state index < -0.39 is 23.6 Å². The fourth-order valence-electron chi connectivity index (χ4n) is 2.74. The van der Waals surface area contributed by atoms with E-state index in [9.17, 15) is 19.1 Å². The number of hydrogen-bond donors (Lipinski definition) is 2. The Hall–Kier alpha value is -3.29. The van der Waals surface area contributed by atoms with E-state index in [-0.39, 0.29) is 35.8 Å². The van der Waals surface area contributed by atoms with Crippen LogP contribution < -0.4 is 10.1 Å². The van der Waals surface area contributed by atoms with Crippen molar-refractivity contribution in [3.63, 3.8) is 0 Å². The Morgan fingerprint density at radius 1 is 1.32 bits per heavy atom. The van der Waals surface area contributed by atoms with Crippen LogP contribution in [0.25, 0.3) is 0 Å². The largest absolute Gasteiger partial charge is 0.508 e. The molecule has 8 heteroatoms. The molecule has 0 radical (unpaired) electrons. The zero-order valence-electron chi connectivity index (χ0n) is 15.8. The average molecular weight is 388 g/mol. The highest BCUT2D eigenvalue weighted by molar-refractivity contribution is 5.85. The van der Waals surface area contributed by atoms with Gasteiger partial charge < -0.3 is 14.6 Å². The molecular weight excluding hydrogens is 367 g/mol. The molecule has 2 N–H and O–H groups in total. The quantitative estimate of drug-likeness (QED) is 0.814. The number of nitrogens with zero attached hydrogens (tertiary/aromatic N) is 1. The van der Waals surface area contributed by atoms with E-state index in [1.165, 1.54) is 29.2 Å². The Bertz CT molecular complexity index is 923. The van der Waals surface area contributed by atoms with E-state index >= 15 is 0 Å². The number of hydrogen-bond acceptors (Lipinski definition) is 5. The third kappa shape index (κ3) is 4.51. The van der Waals surface area contributed by atoms with Gasteiger partial charge in [0, 0.05) is 17.2 Å². The maximum atomic E-state index is 14.8. The highest BCUT2D eigenvalue weighted by Gasteiger charge is 2.26. The van der Waals surface area contributed by atoms with Crippen molar-refractivity contribution < 1.29 is 28.6 Å². The van der Waals surface area contributed by atoms with E-state index in [0.29, 0.717) is 5.56 Å². The fraction of sp³-hybridized carbons (Fsp3) is 0.300. The number of phenolic OH excluding ortho intramolecular Hbond substituents is 1. The van der Waals surface area contributed by atoms with Crippen LogP contribution in [0, 0.1) is 5.82 Å². The third-order valence-electron chi connectivity index (χ3n) is 3.94. The van der Waals surface area contributed by atoms with Crippen LogP contribution >= 0.6 is 0 Å². The second kappa shape index (κ2) is 7.38. The van der Waals surface area contributed by atoms with E-state index in [4.69, 9.17) is 9.47 Å². The number of carbonyl (C=O) groups is 2. The Kier molecular flexibility index (Phi) is 5.13. The molecule has 0 spiro atoms. The number of nitrogens with one attached hydrogen (secondary N) is 1. The predicted octanol–water partition coefficient (Wildman–Crippen LogP) is 4.39. The zero-order valence-corrected chi connectivity index (χ0v) is 15.8. The van der Waals surface area contributed by atoms with Crippen LogP contribution in [0.4, 0.5) is 19.7 Å². The molecule has 0 fully saturated rings. The second-order valence-corrected chi connectivity index (χ2v) is 7.42. The normalized spacial score (nSPS) is 13.6. The van der Waals surface area contributed by atoms with E-state index in [1.54, 1.807) is 32.9 Å². The Morgan fingerprint density at radius 3 is 2.79 bits per heavy atom. The van der Waals surface area contributed by atoms with Gasteiger partial charge in [-0.05, 0) is 39.0 Å². The van der Waals surface area contributed by atoms with E-state index in [1.807, 2.05) is 0 Å². The lowest BCUT2D eigenvalue weighted by atomic mass is 10.1. The maximum absolute atomic E-state index is 14.8. The molecule has 0 atom stereocenters. The Labute approximate surface area is 161 Å². The average Bonchev–Trinajstić information content (AvgIpc) is 2.57. The highest BCUT2D eigenvalue weighted by Crippen LogP contribution is 2.31. The summed E-state index contributed by atoms with van der Waals surface area (Å²) in [4.78, 5) is 25.4. The lowest BCUT2D eigenvalue weighted by Crippen LogP contribution is -2.36. The molecule has 1 heterocycles. The summed E-state index contributed by atoms with van der Waals surface area (Å²) >= 11 is 0. The van der Waals surface area contributed by atoms with Gasteiger partial charge in [0.1, 0.15) is 17.1 Å². The maximum Gasteiger partial charge on any atom is 0.415 e. The van der Waals surface area contributed by atoms with Crippen molar-refractivity contribution in [2.24, 2.45) is 0 Å². The van der Waals surface area contributed by atoms with Gasteiger partial charge in [-0.2, -0.15) is 0 Å². The fourth-order valence-corrected chi connectivity index (χ4v) is 2.74. The number of rotatable bonds is 3. The van der Waals surface area contributed by atoms with Crippen LogP contribution in [0.15, 0.2) is 36.4 Å². The summed E-state index contributed by atoms with van der Waals surface area (Å²) in [6.07, 6.45) is -1.42. The number of fused-ring (bicyclic) bond motifs is 1. The summed E-state index contributed by atoms with van der Waals surface area (Å²) in [7, 11) is 0. The predicted molar refractivity (Wildman–Crippen MR) is 99.6 cm³/mol. The van der Waals surface area contributed by atoms with Crippen LogP contribution in [0.3, 0.4) is 0 Å². The van der Waals surface area contributed by atoms with Crippen molar-refractivity contribution in [3.05, 3.63) is 53.3 Å². The van der Waals surface area contributed by atoms with Crippen LogP contribution in [0.1, 0.15) is 31.9 Å². The molecule has 1 aliphatic heterocycles. The van der Waals surface area contributed by atoms with Gasteiger partial charge in [0.05, 0.1) is 18.8 Å². The smallest absolute Gasteiger partial charge is 0.415 e. The highest BCUT2D eigenvalue weighted by atomic mass is 19.1. The summed E-state index contributed by atoms with van der Waals surface area (Å²) in [6, 6.07) is 9.00. The third-order valence-corrected chi connectivity index (χ3v) is 3.94. The minimum Gasteiger partial charge on any atom is -0.508 e. The second-order valence-electron chi connectivity index (χ2n) is 7.42. The summed E-state index contributed by atoms with van der Waals surface area (Å²) in [6.45, 7) is 5.28. The van der Waals surface area contributed by atoms with Gasteiger partial charge >= 0.3 is 12.2 Å². The van der Waals surface area contributed by atoms with Crippen molar-refractivity contribution in [1.82, 2.24) is 4.90 Å². The van der Waals surface area contributed by atoms with Crippen LogP contribution in [0.2, 0.25) is 0 Å². The topological polar surface area (TPSA) is 88.1 Å². The minimum absolute atomic E-state index is 0.00744. The van der Waals surface area contributed by atoms with Gasteiger partial charge in [0.2, 0.25) is 0 Å². The number of phenols is 1. The van der Waals surface area contributed by atoms with Crippen molar-refractivity contribution in [2.75, 3.05) is 5.32 Å². The molecule has 28 heavy (non-hydrogen) atoms. The first-order valence-electron chi connectivity index (χ1n) is 8.68. The molecule has 148 valence electrons. The van der Waals surface area contributed by atoms with Gasteiger partial charge in [-0.25, -0.2) is 14.0 Å². The molecule has 0 saturated heterocycles. The lowest BCUT2D eigenvalue weighted by molar-refractivity contribution is 0.0635. The zero-order chi connectivity index (χ0) is 20.5. The standard InChI is InChI=1S/C20H21FN2O5/c1-20(2,3)28-18(25)22-15-6-4-5-13(17(15)21)11-23-10-12-7-8-14(24)9-16(12)27-19(23)26/h4-9,24H,10-11H2,1-3H3,(H,22,25). The Balaban J connectivity index is 1.75. The minimum atomic E-state index is -0.769. The number of carbonyl (C=O) groups excluding carboxylic acids is 2. The molecule has 2 amide bonds. The molecule has 7 nitrogen and oxygen atoms in total. The van der Waals surface area contributed by atoms with Crippen molar-refractivity contribution in [3.8, 4) is 11.5 Å².